The van der Waals surface area contributed by atoms with Gasteiger partial charge in [0.05, 0.1) is 0 Å². The molecule has 1 aromatic rings. The second kappa shape index (κ2) is 8.25. The number of hydrogen-bond acceptors (Lipinski definition) is 3. The van der Waals surface area contributed by atoms with E-state index in [0.717, 1.165) is 31.3 Å². The highest BCUT2D eigenvalue weighted by atomic mass is 16.5. The van der Waals surface area contributed by atoms with Gasteiger partial charge in [0.25, 0.3) is 0 Å². The molecule has 3 heteroatoms. The van der Waals surface area contributed by atoms with Crippen LogP contribution < -0.4 is 10.1 Å². The summed E-state index contributed by atoms with van der Waals surface area (Å²) in [5.74, 6) is 1.62. The van der Waals surface area contributed by atoms with Crippen molar-refractivity contribution in [2.45, 2.75) is 65.0 Å². The molecule has 0 amide bonds. The van der Waals surface area contributed by atoms with Gasteiger partial charge in [-0.15, -0.1) is 0 Å². The van der Waals surface area contributed by atoms with Crippen LogP contribution in [0.2, 0.25) is 0 Å². The number of nitrogens with zero attached hydrogens (tertiary/aromatic N) is 1. The summed E-state index contributed by atoms with van der Waals surface area (Å²) in [5, 5.41) is 3.38. The molecule has 0 bridgehead atoms. The number of hydrogen-bond donors (Lipinski definition) is 1. The lowest BCUT2D eigenvalue weighted by atomic mass is 9.85. The summed E-state index contributed by atoms with van der Waals surface area (Å²) in [6.07, 6.45) is 9.76. The molecule has 20 heavy (non-hydrogen) atoms. The third kappa shape index (κ3) is 4.78. The molecule has 1 aromatic heterocycles. The molecule has 1 aliphatic rings. The summed E-state index contributed by atoms with van der Waals surface area (Å²) in [4.78, 5) is 4.44. The van der Waals surface area contributed by atoms with Crippen molar-refractivity contribution in [3.8, 4) is 5.88 Å². The smallest absolute Gasteiger partial charge is 0.213 e. The number of nitrogens with one attached hydrogen (secondary N) is 1. The van der Waals surface area contributed by atoms with Crippen LogP contribution in [0, 0.1) is 5.92 Å². The quantitative estimate of drug-likeness (QED) is 0.766. The minimum absolute atomic E-state index is 0.366. The highest BCUT2D eigenvalue weighted by molar-refractivity contribution is 5.18. The fourth-order valence-electron chi connectivity index (χ4n) is 2.88. The zero-order valence-electron chi connectivity index (χ0n) is 12.9. The molecule has 0 spiro atoms. The highest BCUT2D eigenvalue weighted by Gasteiger charge is 2.22. The number of rotatable bonds is 7. The third-order valence-corrected chi connectivity index (χ3v) is 4.15. The maximum absolute atomic E-state index is 6.04. The van der Waals surface area contributed by atoms with E-state index in [2.05, 4.69) is 30.2 Å². The molecule has 2 rings (SSSR count). The summed E-state index contributed by atoms with van der Waals surface area (Å²) in [7, 11) is 0. The second-order valence-corrected chi connectivity index (χ2v) is 5.86. The van der Waals surface area contributed by atoms with Gasteiger partial charge in [-0.3, -0.25) is 0 Å². The Balaban J connectivity index is 1.80. The third-order valence-electron chi connectivity index (χ3n) is 4.15. The molecule has 2 atom stereocenters. The monoisotopic (exact) mass is 276 g/mol. The molecule has 3 nitrogen and oxygen atoms in total. The van der Waals surface area contributed by atoms with Crippen LogP contribution in [-0.2, 0) is 6.54 Å². The summed E-state index contributed by atoms with van der Waals surface area (Å²) in [6.45, 7) is 6.40. The first-order chi connectivity index (χ1) is 9.81. The van der Waals surface area contributed by atoms with Crippen LogP contribution in [0.4, 0.5) is 0 Å². The van der Waals surface area contributed by atoms with E-state index >= 15 is 0 Å². The van der Waals surface area contributed by atoms with Crippen molar-refractivity contribution in [3.63, 3.8) is 0 Å². The van der Waals surface area contributed by atoms with Crippen molar-refractivity contribution in [2.75, 3.05) is 6.54 Å². The second-order valence-electron chi connectivity index (χ2n) is 5.86. The van der Waals surface area contributed by atoms with Gasteiger partial charge in [-0.05, 0) is 43.7 Å². The molecule has 0 saturated heterocycles. The van der Waals surface area contributed by atoms with Crippen molar-refractivity contribution >= 4 is 0 Å². The number of ether oxygens (including phenoxy) is 1. The lowest BCUT2D eigenvalue weighted by Gasteiger charge is -2.28. The van der Waals surface area contributed by atoms with Gasteiger partial charge in [0.2, 0.25) is 5.88 Å². The average Bonchev–Trinajstić information content (AvgIpc) is 2.49. The summed E-state index contributed by atoms with van der Waals surface area (Å²) in [5.41, 5.74) is 1.22. The lowest BCUT2D eigenvalue weighted by Crippen LogP contribution is -2.25. The van der Waals surface area contributed by atoms with Crippen LogP contribution in [0.1, 0.15) is 57.9 Å². The molecule has 1 aliphatic carbocycles. The molecule has 0 radical (unpaired) electrons. The van der Waals surface area contributed by atoms with Gasteiger partial charge >= 0.3 is 0 Å². The topological polar surface area (TPSA) is 34.1 Å². The van der Waals surface area contributed by atoms with E-state index in [-0.39, 0.29) is 0 Å². The van der Waals surface area contributed by atoms with Gasteiger partial charge in [-0.1, -0.05) is 32.8 Å². The molecule has 0 aliphatic heterocycles. The van der Waals surface area contributed by atoms with Crippen molar-refractivity contribution in [1.29, 1.82) is 0 Å². The maximum atomic E-state index is 6.04. The first-order valence-electron chi connectivity index (χ1n) is 8.14. The minimum atomic E-state index is 0.366. The predicted molar refractivity (Wildman–Crippen MR) is 82.9 cm³/mol. The molecule has 1 fully saturated rings. The lowest BCUT2D eigenvalue weighted by molar-refractivity contribution is 0.117. The molecule has 112 valence electrons. The molecule has 0 aromatic carbocycles. The molecular weight excluding hydrogens is 248 g/mol. The number of aromatic nitrogens is 1. The highest BCUT2D eigenvalue weighted by Crippen LogP contribution is 2.29. The molecule has 2 unspecified atom stereocenters. The van der Waals surface area contributed by atoms with Crippen molar-refractivity contribution in [1.82, 2.24) is 10.3 Å². The van der Waals surface area contributed by atoms with Crippen molar-refractivity contribution < 1.29 is 4.74 Å². The minimum Gasteiger partial charge on any atom is -0.474 e. The van der Waals surface area contributed by atoms with E-state index in [1.807, 2.05) is 12.3 Å². The maximum Gasteiger partial charge on any atom is 0.213 e. The van der Waals surface area contributed by atoms with Crippen LogP contribution in [0.15, 0.2) is 18.3 Å². The predicted octanol–water partition coefficient (Wildman–Crippen LogP) is 3.93. The zero-order valence-corrected chi connectivity index (χ0v) is 12.9. The van der Waals surface area contributed by atoms with E-state index in [1.165, 1.54) is 37.7 Å². The zero-order chi connectivity index (χ0) is 14.2. The van der Waals surface area contributed by atoms with E-state index < -0.39 is 0 Å². The van der Waals surface area contributed by atoms with E-state index in [0.29, 0.717) is 6.10 Å². The van der Waals surface area contributed by atoms with Gasteiger partial charge in [0.1, 0.15) is 6.10 Å². The van der Waals surface area contributed by atoms with Gasteiger partial charge in [0.15, 0.2) is 0 Å². The largest absolute Gasteiger partial charge is 0.474 e. The average molecular weight is 276 g/mol. The first-order valence-corrected chi connectivity index (χ1v) is 8.14. The van der Waals surface area contributed by atoms with Crippen LogP contribution >= 0.6 is 0 Å². The van der Waals surface area contributed by atoms with Crippen molar-refractivity contribution in [2.24, 2.45) is 5.92 Å². The Labute approximate surface area is 123 Å². The standard InChI is InChI=1S/C17H28N2O/c1-3-10-18-12-15-8-9-17(19-13-15)20-16-7-5-6-14(4-2)11-16/h8-9,13-14,16,18H,3-7,10-12H2,1-2H3. The van der Waals surface area contributed by atoms with E-state index in [9.17, 15) is 0 Å². The Bertz CT molecular complexity index is 377. The summed E-state index contributed by atoms with van der Waals surface area (Å²) < 4.78 is 6.04. The van der Waals surface area contributed by atoms with E-state index in [1.54, 1.807) is 0 Å². The van der Waals surface area contributed by atoms with Crippen LogP contribution in [0.25, 0.3) is 0 Å². The Hall–Kier alpha value is -1.09. The molecule has 1 heterocycles. The Morgan fingerprint density at radius 2 is 2.20 bits per heavy atom. The van der Waals surface area contributed by atoms with Gasteiger partial charge in [0, 0.05) is 18.8 Å². The van der Waals surface area contributed by atoms with Crippen LogP contribution in [0.3, 0.4) is 0 Å². The summed E-state index contributed by atoms with van der Waals surface area (Å²) in [6, 6.07) is 4.13. The fraction of sp³-hybridized carbons (Fsp3) is 0.706. The van der Waals surface area contributed by atoms with Crippen LogP contribution in [0.5, 0.6) is 5.88 Å². The Morgan fingerprint density at radius 3 is 2.90 bits per heavy atom. The first kappa shape index (κ1) is 15.3. The van der Waals surface area contributed by atoms with Crippen molar-refractivity contribution in [3.05, 3.63) is 23.9 Å². The molecule has 1 N–H and O–H groups in total. The molecular formula is C17H28N2O. The fourth-order valence-corrected chi connectivity index (χ4v) is 2.88. The van der Waals surface area contributed by atoms with Crippen LogP contribution in [-0.4, -0.2) is 17.6 Å². The summed E-state index contributed by atoms with van der Waals surface area (Å²) >= 11 is 0. The Morgan fingerprint density at radius 1 is 1.30 bits per heavy atom. The van der Waals surface area contributed by atoms with Gasteiger partial charge < -0.3 is 10.1 Å². The van der Waals surface area contributed by atoms with Gasteiger partial charge in [-0.25, -0.2) is 4.98 Å². The molecule has 1 saturated carbocycles. The number of pyridine rings is 1. The van der Waals surface area contributed by atoms with E-state index in [4.69, 9.17) is 4.74 Å². The Kier molecular flexibility index (Phi) is 6.31. The SMILES string of the molecule is CCCNCc1ccc(OC2CCCC(CC)C2)nc1. The normalized spacial score (nSPS) is 22.7. The van der Waals surface area contributed by atoms with Gasteiger partial charge in [-0.2, -0.15) is 0 Å².